The van der Waals surface area contributed by atoms with E-state index in [1.54, 1.807) is 85.5 Å². The molecule has 1 N–H and O–H groups in total. The van der Waals surface area contributed by atoms with E-state index in [9.17, 15) is 19.2 Å². The number of ketones is 2. The molecule has 15 heteroatoms. The molecule has 8 rings (SSSR count). The molecule has 0 amide bonds. The molecule has 2 fully saturated rings. The Bertz CT molecular complexity index is 2440. The third kappa shape index (κ3) is 11.9. The number of halogens is 3. The molecule has 2 aliphatic carbocycles. The van der Waals surface area contributed by atoms with Crippen LogP contribution in [-0.2, 0) is 16.0 Å². The van der Waals surface area contributed by atoms with Crippen LogP contribution in [0.5, 0.6) is 11.5 Å². The van der Waals surface area contributed by atoms with E-state index in [4.69, 9.17) is 42.1 Å². The molecular formula is C44H43BrCl2N4O8. The maximum Gasteiger partial charge on any atom is 0.338 e. The van der Waals surface area contributed by atoms with Gasteiger partial charge in [-0.1, -0.05) is 75.5 Å². The molecule has 0 aliphatic heterocycles. The number of carbonyl (C=O) groups is 4. The van der Waals surface area contributed by atoms with Gasteiger partial charge in [0.1, 0.15) is 18.0 Å². The molecule has 2 aromatic heterocycles. The highest BCUT2D eigenvalue weighted by atomic mass is 79.9. The van der Waals surface area contributed by atoms with Crippen LogP contribution in [0.1, 0.15) is 81.0 Å². The summed E-state index contributed by atoms with van der Waals surface area (Å²) in [6.07, 6.45) is 8.52. The van der Waals surface area contributed by atoms with E-state index in [1.165, 1.54) is 25.7 Å². The maximum absolute atomic E-state index is 12.8. The quantitative estimate of drug-likeness (QED) is 0.0599. The van der Waals surface area contributed by atoms with Gasteiger partial charge in [-0.3, -0.25) is 19.4 Å². The van der Waals surface area contributed by atoms with Crippen molar-refractivity contribution in [3.05, 3.63) is 117 Å². The summed E-state index contributed by atoms with van der Waals surface area (Å²) >= 11 is 15.5. The molecule has 308 valence electrons. The van der Waals surface area contributed by atoms with E-state index in [0.29, 0.717) is 57.1 Å². The van der Waals surface area contributed by atoms with Gasteiger partial charge in [0.05, 0.1) is 70.2 Å². The number of rotatable bonds is 15. The number of H-pyrrole nitrogens is 1. The van der Waals surface area contributed by atoms with E-state index < -0.39 is 11.9 Å². The van der Waals surface area contributed by atoms with Crippen LogP contribution in [0.4, 0.5) is 0 Å². The van der Waals surface area contributed by atoms with Crippen molar-refractivity contribution >= 4 is 84.4 Å². The average molecular weight is 907 g/mol. The number of esters is 2. The number of nitrogens with zero attached hydrogens (tertiary/aromatic N) is 3. The number of carbonyl (C=O) groups excluding carboxylic acids is 4. The minimum Gasteiger partial charge on any atom is -0.492 e. The summed E-state index contributed by atoms with van der Waals surface area (Å²) in [7, 11) is 0. The predicted octanol–water partition coefficient (Wildman–Crippen LogP) is 9.98. The number of aromatic nitrogens is 4. The lowest BCUT2D eigenvalue weighted by Gasteiger charge is -2.08. The fourth-order valence-electron chi connectivity index (χ4n) is 5.84. The molecule has 6 aromatic rings. The first-order valence-corrected chi connectivity index (χ1v) is 21.2. The maximum atomic E-state index is 12.8. The Morgan fingerprint density at radius 2 is 1.24 bits per heavy atom. The van der Waals surface area contributed by atoms with E-state index in [0.717, 1.165) is 34.6 Å². The number of aromatic amines is 1. The van der Waals surface area contributed by atoms with E-state index >= 15 is 0 Å². The Balaban J connectivity index is 0.000000164. The van der Waals surface area contributed by atoms with Gasteiger partial charge in [0.15, 0.2) is 11.6 Å². The van der Waals surface area contributed by atoms with Crippen molar-refractivity contribution < 1.29 is 38.1 Å². The topological polar surface area (TPSA) is 152 Å². The second-order valence-electron chi connectivity index (χ2n) is 13.9. The molecule has 59 heavy (non-hydrogen) atoms. The van der Waals surface area contributed by atoms with Crippen molar-refractivity contribution in [2.45, 2.75) is 46.1 Å². The Hall–Kier alpha value is -5.24. The Kier molecular flexibility index (Phi) is 15.2. The normalized spacial score (nSPS) is 13.1. The molecule has 2 aliphatic rings. The summed E-state index contributed by atoms with van der Waals surface area (Å²) in [5.41, 5.74) is 2.92. The SMILES string of the molecule is CCOC(=O)c1ccccc1C(=O)CBr.CCOC(=O)c1ccccc1C(=O)Cn1cc2cc(OCC3CC3)c(Cl)cc2n1.Clc1cc2[nH]ncc2cc1OCC1CC1. The predicted molar refractivity (Wildman–Crippen MR) is 230 cm³/mol. The summed E-state index contributed by atoms with van der Waals surface area (Å²) < 4.78 is 22.9. The molecule has 0 saturated heterocycles. The minimum atomic E-state index is -0.508. The number of fused-ring (bicyclic) bond motifs is 2. The first-order chi connectivity index (χ1) is 28.6. The smallest absolute Gasteiger partial charge is 0.338 e. The number of nitrogens with one attached hydrogen (secondary N) is 1. The third-order valence-corrected chi connectivity index (χ3v) is 10.4. The summed E-state index contributed by atoms with van der Waals surface area (Å²) in [6, 6.07) is 20.7. The lowest BCUT2D eigenvalue weighted by molar-refractivity contribution is 0.0514. The van der Waals surface area contributed by atoms with Gasteiger partial charge < -0.3 is 18.9 Å². The summed E-state index contributed by atoms with van der Waals surface area (Å²) in [4.78, 5) is 47.9. The van der Waals surface area contributed by atoms with Crippen molar-refractivity contribution in [3.63, 3.8) is 0 Å². The highest BCUT2D eigenvalue weighted by Crippen LogP contribution is 2.35. The van der Waals surface area contributed by atoms with Crippen LogP contribution in [0.2, 0.25) is 10.0 Å². The molecule has 0 unspecified atom stereocenters. The van der Waals surface area contributed by atoms with E-state index in [2.05, 4.69) is 31.2 Å². The van der Waals surface area contributed by atoms with Gasteiger partial charge in [-0.2, -0.15) is 10.2 Å². The average Bonchev–Trinajstić information content (AvgIpc) is 4.17. The van der Waals surface area contributed by atoms with Crippen molar-refractivity contribution in [1.29, 1.82) is 0 Å². The van der Waals surface area contributed by atoms with Crippen LogP contribution in [0.25, 0.3) is 21.8 Å². The van der Waals surface area contributed by atoms with Crippen LogP contribution >= 0.6 is 39.1 Å². The number of Topliss-reactive ketones (excluding diaryl/α,β-unsaturated/α-hetero) is 2. The Labute approximate surface area is 359 Å². The zero-order valence-corrected chi connectivity index (χ0v) is 35.6. The zero-order valence-electron chi connectivity index (χ0n) is 32.6. The van der Waals surface area contributed by atoms with Crippen LogP contribution < -0.4 is 9.47 Å². The molecule has 2 saturated carbocycles. The second kappa shape index (κ2) is 20.6. The van der Waals surface area contributed by atoms with Gasteiger partial charge in [-0.05, 0) is 87.8 Å². The van der Waals surface area contributed by atoms with Gasteiger partial charge in [0, 0.05) is 28.1 Å². The minimum absolute atomic E-state index is 0.000974. The highest BCUT2D eigenvalue weighted by Gasteiger charge is 2.24. The van der Waals surface area contributed by atoms with Gasteiger partial charge in [0.2, 0.25) is 0 Å². The van der Waals surface area contributed by atoms with Gasteiger partial charge >= 0.3 is 11.9 Å². The van der Waals surface area contributed by atoms with Crippen molar-refractivity contribution in [3.8, 4) is 11.5 Å². The first-order valence-electron chi connectivity index (χ1n) is 19.3. The van der Waals surface area contributed by atoms with E-state index in [1.807, 2.05) is 18.2 Å². The van der Waals surface area contributed by atoms with Crippen LogP contribution in [-0.4, -0.2) is 75.2 Å². The van der Waals surface area contributed by atoms with Crippen molar-refractivity contribution in [2.75, 3.05) is 31.8 Å². The van der Waals surface area contributed by atoms with Gasteiger partial charge in [-0.25, -0.2) is 9.59 Å². The standard InChI is InChI=1S/C22H21ClN2O4.C11H11BrO3.C11H11ClN2O/c1-2-28-22(27)17-6-4-3-5-16(17)20(26)12-25-11-15-9-21(29-13-14-7-8-14)18(23)10-19(15)24-25;1-2-15-11(14)9-6-4-3-5-8(9)10(13)7-12;12-9-4-10-8(5-13-14-10)3-11(9)15-6-7-1-2-7/h3-6,9-11,14H,2,7-8,12-13H2,1H3;3-6H,2,7H2,1H3;3-5,7H,1-2,6H2,(H,13,14). The number of ether oxygens (including phenoxy) is 4. The number of hydrogen-bond acceptors (Lipinski definition) is 10. The second-order valence-corrected chi connectivity index (χ2v) is 15.3. The zero-order chi connectivity index (χ0) is 41.9. The molecule has 12 nitrogen and oxygen atoms in total. The summed E-state index contributed by atoms with van der Waals surface area (Å²) in [6.45, 7) is 5.46. The molecule has 2 heterocycles. The largest absolute Gasteiger partial charge is 0.492 e. The first kappa shape index (κ1) is 43.3. The van der Waals surface area contributed by atoms with Crippen molar-refractivity contribution in [2.24, 2.45) is 11.8 Å². The molecule has 0 spiro atoms. The van der Waals surface area contributed by atoms with Crippen LogP contribution in [0.15, 0.2) is 85.2 Å². The fourth-order valence-corrected chi connectivity index (χ4v) is 6.57. The van der Waals surface area contributed by atoms with Crippen molar-refractivity contribution in [1.82, 2.24) is 20.0 Å². The molecule has 0 bridgehead atoms. The van der Waals surface area contributed by atoms with Crippen LogP contribution in [0.3, 0.4) is 0 Å². The summed E-state index contributed by atoms with van der Waals surface area (Å²) in [5.74, 6) is 1.44. The molecular weight excluding hydrogens is 863 g/mol. The monoisotopic (exact) mass is 904 g/mol. The number of alkyl halides is 1. The van der Waals surface area contributed by atoms with Crippen LogP contribution in [0, 0.1) is 11.8 Å². The number of hydrogen-bond donors (Lipinski definition) is 1. The fraction of sp³-hybridized carbons (Fsp3) is 0.318. The molecule has 4 aromatic carbocycles. The summed E-state index contributed by atoms with van der Waals surface area (Å²) in [5, 5.41) is 14.5. The van der Waals surface area contributed by atoms with E-state index in [-0.39, 0.29) is 35.6 Å². The molecule has 0 radical (unpaired) electrons. The van der Waals surface area contributed by atoms with Gasteiger partial charge in [-0.15, -0.1) is 0 Å². The lowest BCUT2D eigenvalue weighted by Crippen LogP contribution is -2.16. The lowest BCUT2D eigenvalue weighted by atomic mass is 10.0. The Morgan fingerprint density at radius 3 is 1.76 bits per heavy atom. The van der Waals surface area contributed by atoms with Gasteiger partial charge in [0.25, 0.3) is 0 Å². The Morgan fingerprint density at radius 1 is 0.729 bits per heavy atom. The molecule has 0 atom stereocenters. The highest BCUT2D eigenvalue weighted by molar-refractivity contribution is 9.09. The number of benzene rings is 4. The third-order valence-electron chi connectivity index (χ3n) is 9.31.